The Morgan fingerprint density at radius 2 is 2.14 bits per heavy atom. The molecule has 0 aromatic rings. The normalized spacial score (nSPS) is 33.7. The molecule has 0 radical (unpaired) electrons. The lowest BCUT2D eigenvalue weighted by Gasteiger charge is -2.51. The third kappa shape index (κ3) is 1.13. The predicted molar refractivity (Wildman–Crippen MR) is 54.8 cm³/mol. The van der Waals surface area contributed by atoms with Crippen molar-refractivity contribution in [3.05, 3.63) is 11.1 Å². The number of esters is 1. The van der Waals surface area contributed by atoms with Gasteiger partial charge >= 0.3 is 5.97 Å². The van der Waals surface area contributed by atoms with Crippen LogP contribution in [0.3, 0.4) is 0 Å². The Hall–Kier alpha value is -0.790. The van der Waals surface area contributed by atoms with Crippen molar-refractivity contribution in [2.45, 2.75) is 46.6 Å². The monoisotopic (exact) mass is 194 g/mol. The van der Waals surface area contributed by atoms with Crippen molar-refractivity contribution in [1.82, 2.24) is 0 Å². The number of allylic oxidation sites excluding steroid dienone is 1. The van der Waals surface area contributed by atoms with Gasteiger partial charge in [0.05, 0.1) is 0 Å². The second-order valence-corrected chi connectivity index (χ2v) is 5.14. The molecule has 0 spiro atoms. The van der Waals surface area contributed by atoms with Gasteiger partial charge in [-0.2, -0.15) is 0 Å². The second-order valence-electron chi connectivity index (χ2n) is 5.14. The lowest BCUT2D eigenvalue weighted by atomic mass is 9.57. The fraction of sp³-hybridized carbons (Fsp3) is 0.750. The summed E-state index contributed by atoms with van der Waals surface area (Å²) in [5.74, 6) is 0.501. The van der Waals surface area contributed by atoms with Gasteiger partial charge in [0.1, 0.15) is 6.10 Å². The molecule has 14 heavy (non-hydrogen) atoms. The largest absolute Gasteiger partial charge is 0.457 e. The number of carbonyl (C=O) groups is 1. The molecule has 0 heterocycles. The Balaban J connectivity index is 2.23. The van der Waals surface area contributed by atoms with Gasteiger partial charge < -0.3 is 4.74 Å². The minimum atomic E-state index is -0.159. The van der Waals surface area contributed by atoms with E-state index in [0.717, 1.165) is 0 Å². The molecule has 0 amide bonds. The Morgan fingerprint density at radius 3 is 2.71 bits per heavy atom. The van der Waals surface area contributed by atoms with E-state index in [4.69, 9.17) is 4.74 Å². The average molecular weight is 194 g/mol. The minimum Gasteiger partial charge on any atom is -0.457 e. The topological polar surface area (TPSA) is 26.3 Å². The lowest BCUT2D eigenvalue weighted by Crippen LogP contribution is -2.52. The standard InChI is InChI=1S/C12H18O2/c1-7-5-6-9-10(7)11(12(9,3)4)14-8(2)13/h9,11H,5-6H2,1-4H3/t9-,11+/m1/s1. The van der Waals surface area contributed by atoms with Crippen LogP contribution >= 0.6 is 0 Å². The number of fused-ring (bicyclic) bond motifs is 1. The maximum atomic E-state index is 11.0. The average Bonchev–Trinajstić information content (AvgIpc) is 2.41. The van der Waals surface area contributed by atoms with E-state index in [1.807, 2.05) is 0 Å². The van der Waals surface area contributed by atoms with Crippen LogP contribution < -0.4 is 0 Å². The fourth-order valence-electron chi connectivity index (χ4n) is 3.01. The number of rotatable bonds is 1. The van der Waals surface area contributed by atoms with Gasteiger partial charge in [0.25, 0.3) is 0 Å². The van der Waals surface area contributed by atoms with Gasteiger partial charge in [-0.3, -0.25) is 4.79 Å². The molecule has 2 rings (SSSR count). The van der Waals surface area contributed by atoms with E-state index in [0.29, 0.717) is 5.92 Å². The van der Waals surface area contributed by atoms with E-state index in [1.165, 1.54) is 30.9 Å². The predicted octanol–water partition coefficient (Wildman–Crippen LogP) is 2.68. The Morgan fingerprint density at radius 1 is 1.50 bits per heavy atom. The molecular weight excluding hydrogens is 176 g/mol. The molecule has 0 aliphatic heterocycles. The molecule has 0 aromatic carbocycles. The summed E-state index contributed by atoms with van der Waals surface area (Å²) in [6, 6.07) is 0. The van der Waals surface area contributed by atoms with Crippen molar-refractivity contribution in [1.29, 1.82) is 0 Å². The first-order valence-corrected chi connectivity index (χ1v) is 5.31. The molecule has 0 unspecified atom stereocenters. The highest BCUT2D eigenvalue weighted by atomic mass is 16.5. The van der Waals surface area contributed by atoms with Gasteiger partial charge in [-0.05, 0) is 31.3 Å². The van der Waals surface area contributed by atoms with Crippen molar-refractivity contribution in [2.24, 2.45) is 11.3 Å². The summed E-state index contributed by atoms with van der Waals surface area (Å²) in [7, 11) is 0. The first kappa shape index (κ1) is 9.75. The maximum Gasteiger partial charge on any atom is 0.303 e. The molecular formula is C12H18O2. The molecule has 0 aromatic heterocycles. The van der Waals surface area contributed by atoms with E-state index in [-0.39, 0.29) is 17.5 Å². The SMILES string of the molecule is CC(=O)O[C@H]1C2=C(C)CC[C@H]2C1(C)C. The van der Waals surface area contributed by atoms with Crippen molar-refractivity contribution in [2.75, 3.05) is 0 Å². The van der Waals surface area contributed by atoms with Crippen LogP contribution in [-0.2, 0) is 9.53 Å². The van der Waals surface area contributed by atoms with Gasteiger partial charge in [-0.15, -0.1) is 0 Å². The zero-order chi connectivity index (χ0) is 10.5. The molecule has 0 bridgehead atoms. The molecule has 0 saturated heterocycles. The minimum absolute atomic E-state index is 0.0486. The van der Waals surface area contributed by atoms with Crippen molar-refractivity contribution < 1.29 is 9.53 Å². The number of hydrogen-bond donors (Lipinski definition) is 0. The Labute approximate surface area is 85.3 Å². The van der Waals surface area contributed by atoms with Crippen molar-refractivity contribution >= 4 is 5.97 Å². The molecule has 2 aliphatic rings. The quantitative estimate of drug-likeness (QED) is 0.474. The summed E-state index contributed by atoms with van der Waals surface area (Å²) in [5, 5.41) is 0. The van der Waals surface area contributed by atoms with Crippen LogP contribution in [0.4, 0.5) is 0 Å². The molecule has 2 aliphatic carbocycles. The number of ether oxygens (including phenoxy) is 1. The van der Waals surface area contributed by atoms with Crippen LogP contribution in [0.5, 0.6) is 0 Å². The summed E-state index contributed by atoms with van der Waals surface area (Å²) in [6.07, 6.45) is 2.47. The van der Waals surface area contributed by atoms with Crippen molar-refractivity contribution in [3.63, 3.8) is 0 Å². The van der Waals surface area contributed by atoms with Gasteiger partial charge in [0.2, 0.25) is 0 Å². The highest BCUT2D eigenvalue weighted by Gasteiger charge is 2.56. The van der Waals surface area contributed by atoms with Gasteiger partial charge in [-0.1, -0.05) is 19.4 Å². The molecule has 0 N–H and O–H groups in total. The zero-order valence-electron chi connectivity index (χ0n) is 9.39. The molecule has 2 atom stereocenters. The van der Waals surface area contributed by atoms with E-state index in [2.05, 4.69) is 20.8 Å². The maximum absolute atomic E-state index is 11.0. The summed E-state index contributed by atoms with van der Waals surface area (Å²) < 4.78 is 5.39. The second kappa shape index (κ2) is 2.85. The number of hydrogen-bond acceptors (Lipinski definition) is 2. The summed E-state index contributed by atoms with van der Waals surface area (Å²) in [4.78, 5) is 11.0. The van der Waals surface area contributed by atoms with Crippen LogP contribution in [0.25, 0.3) is 0 Å². The zero-order valence-corrected chi connectivity index (χ0v) is 9.39. The van der Waals surface area contributed by atoms with E-state index in [1.54, 1.807) is 0 Å². The Kier molecular flexibility index (Phi) is 1.98. The van der Waals surface area contributed by atoms with Crippen LogP contribution in [-0.4, -0.2) is 12.1 Å². The first-order valence-electron chi connectivity index (χ1n) is 5.31. The third-order valence-corrected chi connectivity index (χ3v) is 3.82. The summed E-state index contributed by atoms with van der Waals surface area (Å²) in [6.45, 7) is 8.07. The van der Waals surface area contributed by atoms with Crippen LogP contribution in [0.15, 0.2) is 11.1 Å². The van der Waals surface area contributed by atoms with Crippen LogP contribution in [0, 0.1) is 11.3 Å². The fourth-order valence-corrected chi connectivity index (χ4v) is 3.01. The molecule has 2 heteroatoms. The lowest BCUT2D eigenvalue weighted by molar-refractivity contribution is -0.159. The molecule has 78 valence electrons. The summed E-state index contributed by atoms with van der Waals surface area (Å²) >= 11 is 0. The van der Waals surface area contributed by atoms with E-state index in [9.17, 15) is 4.79 Å². The van der Waals surface area contributed by atoms with Gasteiger partial charge in [-0.25, -0.2) is 0 Å². The summed E-state index contributed by atoms with van der Waals surface area (Å²) in [5.41, 5.74) is 3.00. The van der Waals surface area contributed by atoms with Crippen LogP contribution in [0.1, 0.15) is 40.5 Å². The van der Waals surface area contributed by atoms with Crippen LogP contribution in [0.2, 0.25) is 0 Å². The molecule has 2 nitrogen and oxygen atoms in total. The molecule has 1 saturated carbocycles. The van der Waals surface area contributed by atoms with Gasteiger partial charge in [0, 0.05) is 12.3 Å². The van der Waals surface area contributed by atoms with E-state index >= 15 is 0 Å². The Bertz CT molecular complexity index is 312. The number of carbonyl (C=O) groups excluding carboxylic acids is 1. The third-order valence-electron chi connectivity index (χ3n) is 3.82. The highest BCUT2D eigenvalue weighted by molar-refractivity contribution is 5.67. The first-order chi connectivity index (χ1) is 6.44. The van der Waals surface area contributed by atoms with E-state index < -0.39 is 0 Å². The molecule has 1 fully saturated rings. The highest BCUT2D eigenvalue weighted by Crippen LogP contribution is 2.59. The van der Waals surface area contributed by atoms with Gasteiger partial charge in [0.15, 0.2) is 0 Å². The van der Waals surface area contributed by atoms with Crippen molar-refractivity contribution in [3.8, 4) is 0 Å². The smallest absolute Gasteiger partial charge is 0.303 e.